The Balaban J connectivity index is 2.70. The van der Waals surface area contributed by atoms with Gasteiger partial charge in [0.25, 0.3) is 0 Å². The first-order valence-electron chi connectivity index (χ1n) is 6.08. The average Bonchev–Trinajstić information content (AvgIpc) is 2.42. The molecule has 0 amide bonds. The van der Waals surface area contributed by atoms with E-state index in [9.17, 15) is 13.2 Å². The van der Waals surface area contributed by atoms with Gasteiger partial charge in [0.05, 0.1) is 4.90 Å². The van der Waals surface area contributed by atoms with Gasteiger partial charge < -0.3 is 10.4 Å². The van der Waals surface area contributed by atoms with Crippen molar-refractivity contribution in [3.05, 3.63) is 35.9 Å². The number of aliphatic carboxylic acids is 1. The normalized spacial score (nSPS) is 11.8. The molecule has 1 aromatic carbocycles. The molecule has 0 atom stereocenters. The summed E-state index contributed by atoms with van der Waals surface area (Å²) in [6.45, 7) is 0.246. The third-order valence-corrected chi connectivity index (χ3v) is 3.89. The molecule has 0 fully saturated rings. The van der Waals surface area contributed by atoms with Crippen molar-refractivity contribution in [2.24, 2.45) is 0 Å². The highest BCUT2D eigenvalue weighted by Crippen LogP contribution is 2.11. The molecule has 0 aromatic heterocycles. The van der Waals surface area contributed by atoms with Gasteiger partial charge in [0.15, 0.2) is 0 Å². The van der Waals surface area contributed by atoms with Crippen molar-refractivity contribution in [1.82, 2.24) is 10.0 Å². The molecule has 0 saturated carbocycles. The SMILES string of the molecule is CNCCC=Cc1ccc(S(=O)(=O)NCC(=O)O)cc1. The van der Waals surface area contributed by atoms with Crippen LogP contribution in [-0.2, 0) is 14.8 Å². The van der Waals surface area contributed by atoms with Crippen molar-refractivity contribution >= 4 is 22.1 Å². The van der Waals surface area contributed by atoms with E-state index in [0.29, 0.717) is 0 Å². The minimum Gasteiger partial charge on any atom is -0.480 e. The van der Waals surface area contributed by atoms with Gasteiger partial charge >= 0.3 is 5.97 Å². The molecule has 0 aliphatic carbocycles. The lowest BCUT2D eigenvalue weighted by molar-refractivity contribution is -0.135. The fourth-order valence-electron chi connectivity index (χ4n) is 1.45. The van der Waals surface area contributed by atoms with Gasteiger partial charge in [-0.3, -0.25) is 4.79 Å². The van der Waals surface area contributed by atoms with Crippen LogP contribution >= 0.6 is 0 Å². The van der Waals surface area contributed by atoms with Crippen molar-refractivity contribution in [3.63, 3.8) is 0 Å². The van der Waals surface area contributed by atoms with Crippen LogP contribution in [0.5, 0.6) is 0 Å². The van der Waals surface area contributed by atoms with Gasteiger partial charge in [0.2, 0.25) is 10.0 Å². The Hall–Kier alpha value is -1.70. The van der Waals surface area contributed by atoms with Crippen LogP contribution in [0.1, 0.15) is 12.0 Å². The summed E-state index contributed by atoms with van der Waals surface area (Å²) in [5.41, 5.74) is 0.887. The average molecular weight is 298 g/mol. The maximum absolute atomic E-state index is 11.7. The van der Waals surface area contributed by atoms with Crippen molar-refractivity contribution in [1.29, 1.82) is 0 Å². The molecular formula is C13H18N2O4S. The molecule has 110 valence electrons. The lowest BCUT2D eigenvalue weighted by atomic mass is 10.2. The molecule has 7 heteroatoms. The van der Waals surface area contributed by atoms with Crippen LogP contribution in [0.2, 0.25) is 0 Å². The van der Waals surface area contributed by atoms with E-state index in [1.807, 2.05) is 23.9 Å². The third kappa shape index (κ3) is 5.52. The summed E-state index contributed by atoms with van der Waals surface area (Å²) in [5.74, 6) is -1.22. The Morgan fingerprint density at radius 3 is 2.50 bits per heavy atom. The zero-order chi connectivity index (χ0) is 15.0. The highest BCUT2D eigenvalue weighted by molar-refractivity contribution is 7.89. The van der Waals surface area contributed by atoms with Gasteiger partial charge in [-0.05, 0) is 37.7 Å². The van der Waals surface area contributed by atoms with Crippen LogP contribution in [0.15, 0.2) is 35.2 Å². The Kier molecular flexibility index (Phi) is 6.37. The van der Waals surface area contributed by atoms with Gasteiger partial charge in [-0.2, -0.15) is 4.72 Å². The maximum Gasteiger partial charge on any atom is 0.318 e. The maximum atomic E-state index is 11.7. The fraction of sp³-hybridized carbons (Fsp3) is 0.308. The van der Waals surface area contributed by atoms with Gasteiger partial charge in [-0.15, -0.1) is 0 Å². The van der Waals surface area contributed by atoms with Gasteiger partial charge in [0.1, 0.15) is 6.54 Å². The molecule has 0 unspecified atom stereocenters. The van der Waals surface area contributed by atoms with Gasteiger partial charge in [-0.25, -0.2) is 8.42 Å². The van der Waals surface area contributed by atoms with Crippen LogP contribution in [0.25, 0.3) is 6.08 Å². The van der Waals surface area contributed by atoms with E-state index in [2.05, 4.69) is 5.32 Å². The molecule has 0 bridgehead atoms. The molecule has 1 rings (SSSR count). The summed E-state index contributed by atoms with van der Waals surface area (Å²) >= 11 is 0. The largest absolute Gasteiger partial charge is 0.480 e. The predicted octanol–water partition coefficient (Wildman–Crippen LogP) is 0.672. The Labute approximate surface area is 118 Å². The van der Waals surface area contributed by atoms with E-state index < -0.39 is 22.5 Å². The number of carboxylic acids is 1. The van der Waals surface area contributed by atoms with Crippen molar-refractivity contribution in [2.75, 3.05) is 20.1 Å². The number of carboxylic acid groups (broad SMARTS) is 1. The number of nitrogens with one attached hydrogen (secondary N) is 2. The molecule has 0 spiro atoms. The second kappa shape index (κ2) is 7.78. The van der Waals surface area contributed by atoms with E-state index >= 15 is 0 Å². The molecule has 0 saturated heterocycles. The molecule has 0 radical (unpaired) electrons. The molecule has 6 nitrogen and oxygen atoms in total. The first-order chi connectivity index (χ1) is 9.45. The van der Waals surface area contributed by atoms with Gasteiger partial charge in [-0.1, -0.05) is 24.3 Å². The van der Waals surface area contributed by atoms with Crippen molar-refractivity contribution in [2.45, 2.75) is 11.3 Å². The number of rotatable bonds is 8. The third-order valence-electron chi connectivity index (χ3n) is 2.48. The van der Waals surface area contributed by atoms with Gasteiger partial charge in [0, 0.05) is 0 Å². The summed E-state index contributed by atoms with van der Waals surface area (Å²) in [4.78, 5) is 10.4. The number of benzene rings is 1. The van der Waals surface area contributed by atoms with E-state index in [-0.39, 0.29) is 4.90 Å². The fourth-order valence-corrected chi connectivity index (χ4v) is 2.42. The monoisotopic (exact) mass is 298 g/mol. The second-order valence-electron chi connectivity index (χ2n) is 4.08. The quantitative estimate of drug-likeness (QED) is 0.613. The summed E-state index contributed by atoms with van der Waals surface area (Å²) in [7, 11) is -1.89. The lowest BCUT2D eigenvalue weighted by Crippen LogP contribution is -2.29. The first kappa shape index (κ1) is 16.4. The zero-order valence-electron chi connectivity index (χ0n) is 11.2. The standard InChI is InChI=1S/C13H18N2O4S/c1-14-9-3-2-4-11-5-7-12(8-6-11)20(18,19)15-10-13(16)17/h2,4-8,14-15H,3,9-10H2,1H3,(H,16,17). The minimum atomic E-state index is -3.77. The minimum absolute atomic E-state index is 0.0473. The van der Waals surface area contributed by atoms with E-state index in [1.165, 1.54) is 12.1 Å². The van der Waals surface area contributed by atoms with Crippen LogP contribution in [0.4, 0.5) is 0 Å². The molecule has 1 aromatic rings. The second-order valence-corrected chi connectivity index (χ2v) is 5.85. The topological polar surface area (TPSA) is 95.5 Å². The van der Waals surface area contributed by atoms with Crippen molar-refractivity contribution < 1.29 is 18.3 Å². The van der Waals surface area contributed by atoms with E-state index in [0.717, 1.165) is 18.5 Å². The Morgan fingerprint density at radius 1 is 1.30 bits per heavy atom. The van der Waals surface area contributed by atoms with E-state index in [1.54, 1.807) is 12.1 Å². The van der Waals surface area contributed by atoms with Crippen LogP contribution < -0.4 is 10.0 Å². The predicted molar refractivity (Wildman–Crippen MR) is 76.8 cm³/mol. The van der Waals surface area contributed by atoms with Crippen molar-refractivity contribution in [3.8, 4) is 0 Å². The zero-order valence-corrected chi connectivity index (χ0v) is 12.0. The smallest absolute Gasteiger partial charge is 0.318 e. The van der Waals surface area contributed by atoms with E-state index in [4.69, 9.17) is 5.11 Å². The number of hydrogen-bond acceptors (Lipinski definition) is 4. The highest BCUT2D eigenvalue weighted by Gasteiger charge is 2.14. The lowest BCUT2D eigenvalue weighted by Gasteiger charge is -2.04. The molecule has 3 N–H and O–H groups in total. The first-order valence-corrected chi connectivity index (χ1v) is 7.56. The van der Waals surface area contributed by atoms with Crippen LogP contribution in [0.3, 0.4) is 0 Å². The highest BCUT2D eigenvalue weighted by atomic mass is 32.2. The summed E-state index contributed by atoms with van der Waals surface area (Å²) in [6.07, 6.45) is 4.78. The number of carbonyl (C=O) groups is 1. The van der Waals surface area contributed by atoms with Crippen LogP contribution in [-0.4, -0.2) is 39.6 Å². The number of hydrogen-bond donors (Lipinski definition) is 3. The molecular weight excluding hydrogens is 280 g/mol. The molecule has 0 aliphatic rings. The number of sulfonamides is 1. The molecule has 0 aliphatic heterocycles. The van der Waals surface area contributed by atoms with Crippen LogP contribution in [0, 0.1) is 0 Å². The summed E-state index contributed by atoms with van der Waals surface area (Å²) < 4.78 is 25.5. The molecule has 0 heterocycles. The summed E-state index contributed by atoms with van der Waals surface area (Å²) in [6, 6.07) is 6.24. The summed E-state index contributed by atoms with van der Waals surface area (Å²) in [5, 5.41) is 11.5. The Bertz CT molecular complexity index is 565. The Morgan fingerprint density at radius 2 is 1.95 bits per heavy atom. The molecule has 20 heavy (non-hydrogen) atoms.